The van der Waals surface area contributed by atoms with E-state index in [1.54, 1.807) is 0 Å². The van der Waals surface area contributed by atoms with E-state index in [1.165, 1.54) is 37.0 Å². The van der Waals surface area contributed by atoms with Crippen molar-refractivity contribution >= 4 is 11.9 Å². The number of hydrogen-bond donors (Lipinski definition) is 1. The fraction of sp³-hybridized carbons (Fsp3) is 0.882. The van der Waals surface area contributed by atoms with Gasteiger partial charge in [0.25, 0.3) is 0 Å². The maximum Gasteiger partial charge on any atom is 0.323 e. The van der Waals surface area contributed by atoms with Gasteiger partial charge in [0.1, 0.15) is 6.54 Å². The van der Waals surface area contributed by atoms with Gasteiger partial charge in [-0.1, -0.05) is 65.2 Å². The summed E-state index contributed by atoms with van der Waals surface area (Å²) in [6.45, 7) is 4.73. The molecule has 0 saturated carbocycles. The minimum Gasteiger partial charge on any atom is -0.480 e. The van der Waals surface area contributed by atoms with Gasteiger partial charge >= 0.3 is 5.97 Å². The quantitative estimate of drug-likeness (QED) is 0.488. The molecule has 4 heteroatoms. The van der Waals surface area contributed by atoms with Crippen molar-refractivity contribution in [2.24, 2.45) is 0 Å². The molecule has 1 amide bonds. The van der Waals surface area contributed by atoms with Crippen LogP contribution in [0, 0.1) is 0 Å². The molecule has 0 unspecified atom stereocenters. The van der Waals surface area contributed by atoms with Crippen LogP contribution in [0.1, 0.15) is 84.5 Å². The van der Waals surface area contributed by atoms with E-state index in [-0.39, 0.29) is 12.5 Å². The van der Waals surface area contributed by atoms with E-state index >= 15 is 0 Å². The van der Waals surface area contributed by atoms with E-state index in [2.05, 4.69) is 13.8 Å². The van der Waals surface area contributed by atoms with Crippen molar-refractivity contribution in [2.45, 2.75) is 84.5 Å². The lowest BCUT2D eigenvalue weighted by atomic mass is 10.1. The summed E-state index contributed by atoms with van der Waals surface area (Å²) >= 11 is 0. The Morgan fingerprint density at radius 2 is 1.33 bits per heavy atom. The SMILES string of the molecule is CCCCCCCCCN(CC(=O)O)C(=O)CCCCC. The largest absolute Gasteiger partial charge is 0.480 e. The van der Waals surface area contributed by atoms with Crippen molar-refractivity contribution in [3.63, 3.8) is 0 Å². The van der Waals surface area contributed by atoms with Gasteiger partial charge in [0.05, 0.1) is 0 Å². The standard InChI is InChI=1S/C17H33NO3/c1-3-5-7-8-9-10-12-14-18(15-17(20)21)16(19)13-11-6-4-2/h3-15H2,1-2H3,(H,20,21). The predicted molar refractivity (Wildman–Crippen MR) is 86.4 cm³/mol. The molecule has 0 aromatic carbocycles. The van der Waals surface area contributed by atoms with Crippen molar-refractivity contribution < 1.29 is 14.7 Å². The Bertz CT molecular complexity index is 279. The number of unbranched alkanes of at least 4 members (excludes halogenated alkanes) is 8. The second kappa shape index (κ2) is 13.9. The molecule has 0 saturated heterocycles. The normalized spacial score (nSPS) is 10.6. The van der Waals surface area contributed by atoms with Crippen molar-refractivity contribution in [1.82, 2.24) is 4.90 Å². The first-order valence-corrected chi connectivity index (χ1v) is 8.61. The lowest BCUT2D eigenvalue weighted by Gasteiger charge is -2.20. The van der Waals surface area contributed by atoms with Crippen LogP contribution in [-0.4, -0.2) is 35.0 Å². The van der Waals surface area contributed by atoms with Gasteiger partial charge in [-0.05, 0) is 12.8 Å². The molecule has 0 aromatic rings. The third-order valence-electron chi connectivity index (χ3n) is 3.70. The van der Waals surface area contributed by atoms with Gasteiger partial charge in [-0.2, -0.15) is 0 Å². The smallest absolute Gasteiger partial charge is 0.323 e. The molecule has 0 radical (unpaired) electrons. The molecule has 0 aliphatic heterocycles. The van der Waals surface area contributed by atoms with Crippen LogP contribution in [0.4, 0.5) is 0 Å². The Labute approximate surface area is 129 Å². The molecule has 0 atom stereocenters. The lowest BCUT2D eigenvalue weighted by molar-refractivity contribution is -0.144. The first-order chi connectivity index (χ1) is 10.1. The second-order valence-electron chi connectivity index (χ2n) is 5.79. The summed E-state index contributed by atoms with van der Waals surface area (Å²) in [7, 11) is 0. The van der Waals surface area contributed by atoms with Gasteiger partial charge in [0.15, 0.2) is 0 Å². The first kappa shape index (κ1) is 19.9. The summed E-state index contributed by atoms with van der Waals surface area (Å²) in [5, 5.41) is 8.91. The maximum absolute atomic E-state index is 12.0. The van der Waals surface area contributed by atoms with Gasteiger partial charge in [-0.3, -0.25) is 9.59 Å². The van der Waals surface area contributed by atoms with Gasteiger partial charge < -0.3 is 10.0 Å². The highest BCUT2D eigenvalue weighted by Gasteiger charge is 2.15. The lowest BCUT2D eigenvalue weighted by Crippen LogP contribution is -2.36. The topological polar surface area (TPSA) is 57.6 Å². The van der Waals surface area contributed by atoms with Gasteiger partial charge in [0, 0.05) is 13.0 Å². The number of rotatable bonds is 14. The van der Waals surface area contributed by atoms with Crippen molar-refractivity contribution in [2.75, 3.05) is 13.1 Å². The number of nitrogens with zero attached hydrogens (tertiary/aromatic N) is 1. The Morgan fingerprint density at radius 1 is 0.810 bits per heavy atom. The Kier molecular flexibility index (Phi) is 13.2. The van der Waals surface area contributed by atoms with Gasteiger partial charge in [-0.25, -0.2) is 0 Å². The van der Waals surface area contributed by atoms with Crippen LogP contribution in [0.5, 0.6) is 0 Å². The van der Waals surface area contributed by atoms with E-state index in [0.29, 0.717) is 13.0 Å². The average molecular weight is 299 g/mol. The fourth-order valence-corrected chi connectivity index (χ4v) is 2.40. The van der Waals surface area contributed by atoms with Crippen LogP contribution < -0.4 is 0 Å². The number of carboxylic acid groups (broad SMARTS) is 1. The second-order valence-corrected chi connectivity index (χ2v) is 5.79. The molecule has 4 nitrogen and oxygen atoms in total. The highest BCUT2D eigenvalue weighted by molar-refractivity contribution is 5.81. The summed E-state index contributed by atoms with van der Waals surface area (Å²) in [5.41, 5.74) is 0. The number of carboxylic acids is 1. The fourth-order valence-electron chi connectivity index (χ4n) is 2.40. The molecule has 0 fully saturated rings. The van der Waals surface area contributed by atoms with Crippen LogP contribution in [-0.2, 0) is 9.59 Å². The van der Waals surface area contributed by atoms with Gasteiger partial charge in [0.2, 0.25) is 5.91 Å². The number of hydrogen-bond acceptors (Lipinski definition) is 2. The van der Waals surface area contributed by atoms with Crippen molar-refractivity contribution in [3.05, 3.63) is 0 Å². The third-order valence-corrected chi connectivity index (χ3v) is 3.70. The van der Waals surface area contributed by atoms with E-state index in [9.17, 15) is 9.59 Å². The minimum absolute atomic E-state index is 0.00293. The molecular formula is C17H33NO3. The zero-order valence-corrected chi connectivity index (χ0v) is 13.9. The predicted octanol–water partition coefficient (Wildman–Crippen LogP) is 4.23. The molecule has 0 rings (SSSR count). The van der Waals surface area contributed by atoms with Crippen LogP contribution in [0.3, 0.4) is 0 Å². The highest BCUT2D eigenvalue weighted by Crippen LogP contribution is 2.09. The monoisotopic (exact) mass is 299 g/mol. The summed E-state index contributed by atoms with van der Waals surface area (Å²) in [6, 6.07) is 0. The molecule has 124 valence electrons. The van der Waals surface area contributed by atoms with E-state index < -0.39 is 5.97 Å². The summed E-state index contributed by atoms with van der Waals surface area (Å²) in [6.07, 6.45) is 11.7. The summed E-state index contributed by atoms with van der Waals surface area (Å²) < 4.78 is 0. The van der Waals surface area contributed by atoms with Crippen LogP contribution >= 0.6 is 0 Å². The number of carbonyl (C=O) groups is 2. The molecule has 0 heterocycles. The first-order valence-electron chi connectivity index (χ1n) is 8.61. The Balaban J connectivity index is 3.89. The van der Waals surface area contributed by atoms with Crippen molar-refractivity contribution in [1.29, 1.82) is 0 Å². The molecule has 0 aliphatic carbocycles. The van der Waals surface area contributed by atoms with E-state index in [0.717, 1.165) is 32.1 Å². The Hall–Kier alpha value is -1.06. The van der Waals surface area contributed by atoms with Crippen LogP contribution in [0.25, 0.3) is 0 Å². The van der Waals surface area contributed by atoms with Crippen molar-refractivity contribution in [3.8, 4) is 0 Å². The third kappa shape index (κ3) is 12.4. The molecular weight excluding hydrogens is 266 g/mol. The molecule has 0 aliphatic rings. The highest BCUT2D eigenvalue weighted by atomic mass is 16.4. The van der Waals surface area contributed by atoms with E-state index in [4.69, 9.17) is 5.11 Å². The number of carbonyl (C=O) groups excluding carboxylic acids is 1. The average Bonchev–Trinajstić information content (AvgIpc) is 2.44. The zero-order chi connectivity index (χ0) is 15.9. The van der Waals surface area contributed by atoms with Crippen LogP contribution in [0.2, 0.25) is 0 Å². The molecule has 1 N–H and O–H groups in total. The summed E-state index contributed by atoms with van der Waals surface area (Å²) in [5.74, 6) is -0.918. The Morgan fingerprint density at radius 3 is 1.90 bits per heavy atom. The number of amides is 1. The van der Waals surface area contributed by atoms with Crippen LogP contribution in [0.15, 0.2) is 0 Å². The zero-order valence-electron chi connectivity index (χ0n) is 13.9. The maximum atomic E-state index is 12.0. The molecule has 0 spiro atoms. The number of aliphatic carboxylic acids is 1. The molecule has 21 heavy (non-hydrogen) atoms. The summed E-state index contributed by atoms with van der Waals surface area (Å²) in [4.78, 5) is 24.4. The minimum atomic E-state index is -0.915. The van der Waals surface area contributed by atoms with E-state index in [1.807, 2.05) is 0 Å². The molecule has 0 bridgehead atoms. The molecule has 0 aromatic heterocycles. The van der Waals surface area contributed by atoms with Gasteiger partial charge in [-0.15, -0.1) is 0 Å².